The molecule has 3 aliphatic heterocycles. The van der Waals surface area contributed by atoms with E-state index in [4.69, 9.17) is 9.47 Å². The molecule has 9 heteroatoms. The quantitative estimate of drug-likeness (QED) is 0.749. The molecule has 29 heavy (non-hydrogen) atoms. The molecule has 0 saturated carbocycles. The molecular weight excluding hydrogens is 387 g/mol. The summed E-state index contributed by atoms with van der Waals surface area (Å²) in [5.74, 6) is 0.603. The van der Waals surface area contributed by atoms with Crippen molar-refractivity contribution in [1.29, 1.82) is 0 Å². The normalized spacial score (nSPS) is 26.4. The molecule has 1 aromatic rings. The first-order chi connectivity index (χ1) is 13.8. The zero-order chi connectivity index (χ0) is 20.6. The largest absolute Gasteiger partial charge is 0.401 e. The van der Waals surface area contributed by atoms with E-state index in [0.29, 0.717) is 44.5 Å². The lowest BCUT2D eigenvalue weighted by atomic mass is 9.82. The van der Waals surface area contributed by atoms with Crippen molar-refractivity contribution in [1.82, 2.24) is 14.4 Å². The minimum absolute atomic E-state index is 0.00314. The van der Waals surface area contributed by atoms with Crippen LogP contribution in [0.3, 0.4) is 0 Å². The van der Waals surface area contributed by atoms with Crippen LogP contribution in [0.5, 0.6) is 0 Å². The topological polar surface area (TPSA) is 46.9 Å². The van der Waals surface area contributed by atoms with Crippen LogP contribution in [-0.2, 0) is 22.6 Å². The highest BCUT2D eigenvalue weighted by molar-refractivity contribution is 5.22. The van der Waals surface area contributed by atoms with Crippen molar-refractivity contribution >= 4 is 0 Å². The highest BCUT2D eigenvalue weighted by atomic mass is 19.4. The summed E-state index contributed by atoms with van der Waals surface area (Å²) in [6.45, 7) is 3.90. The van der Waals surface area contributed by atoms with Crippen LogP contribution in [0.1, 0.15) is 23.6 Å². The molecule has 1 aromatic heterocycles. The smallest absolute Gasteiger partial charge is 0.377 e. The van der Waals surface area contributed by atoms with Crippen LogP contribution in [-0.4, -0.2) is 79.7 Å². The van der Waals surface area contributed by atoms with E-state index in [2.05, 4.69) is 4.90 Å². The molecular formula is C20H28F3N3O3. The van der Waals surface area contributed by atoms with Crippen molar-refractivity contribution < 1.29 is 22.6 Å². The first-order valence-corrected chi connectivity index (χ1v) is 10.2. The summed E-state index contributed by atoms with van der Waals surface area (Å²) in [4.78, 5) is 16.5. The van der Waals surface area contributed by atoms with Gasteiger partial charge in [0.1, 0.15) is 0 Å². The number of fused-ring (bicyclic) bond motifs is 4. The molecule has 4 rings (SSSR count). The molecule has 0 N–H and O–H groups in total. The van der Waals surface area contributed by atoms with Crippen molar-refractivity contribution in [3.8, 4) is 0 Å². The second kappa shape index (κ2) is 8.37. The standard InChI is InChI=1S/C20H28F3N3O3/c1-24(13-20(21,22)23)9-15-2-3-18-16-6-14(8-26(18)19(15)27)7-25(10-16)17-11-28-4-5-29-12-17/h2-3,14,16-17H,4-13H2,1H3/t14-,16+/m0/s1. The van der Waals surface area contributed by atoms with Gasteiger partial charge in [-0.05, 0) is 25.5 Å². The maximum atomic E-state index is 13.0. The molecule has 2 fully saturated rings. The van der Waals surface area contributed by atoms with E-state index in [9.17, 15) is 18.0 Å². The molecule has 0 aliphatic carbocycles. The van der Waals surface area contributed by atoms with E-state index in [1.165, 1.54) is 7.05 Å². The third-order valence-electron chi connectivity index (χ3n) is 6.11. The highest BCUT2D eigenvalue weighted by Gasteiger charge is 2.38. The maximum Gasteiger partial charge on any atom is 0.401 e. The number of likely N-dealkylation sites (tertiary alicyclic amines) is 1. The maximum absolute atomic E-state index is 13.0. The molecule has 2 bridgehead atoms. The Morgan fingerprint density at radius 2 is 1.86 bits per heavy atom. The Balaban J connectivity index is 1.50. The number of hydrogen-bond donors (Lipinski definition) is 0. The number of nitrogens with zero attached hydrogens (tertiary/aromatic N) is 3. The summed E-state index contributed by atoms with van der Waals surface area (Å²) < 4.78 is 50.9. The Hall–Kier alpha value is -1.42. The Morgan fingerprint density at radius 1 is 1.14 bits per heavy atom. The first kappa shape index (κ1) is 20.8. The van der Waals surface area contributed by atoms with Gasteiger partial charge >= 0.3 is 6.18 Å². The summed E-state index contributed by atoms with van der Waals surface area (Å²) in [7, 11) is 1.39. The average molecular weight is 415 g/mol. The molecule has 0 amide bonds. The number of pyridine rings is 1. The second-order valence-corrected chi connectivity index (χ2v) is 8.54. The third-order valence-corrected chi connectivity index (χ3v) is 6.11. The molecule has 0 unspecified atom stereocenters. The van der Waals surface area contributed by atoms with Gasteiger partial charge in [-0.15, -0.1) is 0 Å². The molecule has 3 aliphatic rings. The van der Waals surface area contributed by atoms with Crippen molar-refractivity contribution in [2.24, 2.45) is 5.92 Å². The van der Waals surface area contributed by atoms with Gasteiger partial charge in [-0.25, -0.2) is 0 Å². The SMILES string of the molecule is CN(Cc1ccc2n(c1=O)C[C@H]1C[C@@H]2CN(C2COCCOC2)C1)CC(F)(F)F. The molecule has 162 valence electrons. The van der Waals surface area contributed by atoms with Crippen molar-refractivity contribution in [2.45, 2.75) is 37.6 Å². The fraction of sp³-hybridized carbons (Fsp3) is 0.750. The Morgan fingerprint density at radius 3 is 2.55 bits per heavy atom. The first-order valence-electron chi connectivity index (χ1n) is 10.2. The second-order valence-electron chi connectivity index (χ2n) is 8.54. The van der Waals surface area contributed by atoms with Crippen LogP contribution in [0.15, 0.2) is 16.9 Å². The number of hydrogen-bond acceptors (Lipinski definition) is 5. The summed E-state index contributed by atoms with van der Waals surface area (Å²) in [6.07, 6.45) is -3.23. The number of halogens is 3. The van der Waals surface area contributed by atoms with E-state index in [1.54, 1.807) is 10.6 Å². The van der Waals surface area contributed by atoms with Gasteiger partial charge < -0.3 is 14.0 Å². The molecule has 2 atom stereocenters. The van der Waals surface area contributed by atoms with Crippen LogP contribution >= 0.6 is 0 Å². The van der Waals surface area contributed by atoms with Crippen molar-refractivity contribution in [2.75, 3.05) is 53.1 Å². The van der Waals surface area contributed by atoms with Crippen LogP contribution in [0.4, 0.5) is 13.2 Å². The number of rotatable bonds is 4. The lowest BCUT2D eigenvalue weighted by Crippen LogP contribution is -2.53. The fourth-order valence-electron chi connectivity index (χ4n) is 4.91. The van der Waals surface area contributed by atoms with Crippen molar-refractivity contribution in [3.63, 3.8) is 0 Å². The van der Waals surface area contributed by atoms with E-state index in [-0.39, 0.29) is 24.1 Å². The van der Waals surface area contributed by atoms with Gasteiger partial charge in [-0.2, -0.15) is 13.2 Å². The minimum Gasteiger partial charge on any atom is -0.377 e. The lowest BCUT2D eigenvalue weighted by molar-refractivity contribution is -0.144. The summed E-state index contributed by atoms with van der Waals surface area (Å²) in [5.41, 5.74) is 1.26. The summed E-state index contributed by atoms with van der Waals surface area (Å²) >= 11 is 0. The van der Waals surface area contributed by atoms with Crippen LogP contribution < -0.4 is 5.56 Å². The minimum atomic E-state index is -4.27. The molecule has 2 saturated heterocycles. The Labute approximate surface area is 168 Å². The van der Waals surface area contributed by atoms with Crippen LogP contribution in [0.25, 0.3) is 0 Å². The number of piperidine rings is 1. The van der Waals surface area contributed by atoms with E-state index >= 15 is 0 Å². The third kappa shape index (κ3) is 4.84. The van der Waals surface area contributed by atoms with Gasteiger partial charge in [-0.1, -0.05) is 6.07 Å². The summed E-state index contributed by atoms with van der Waals surface area (Å²) in [5, 5.41) is 0. The average Bonchev–Trinajstić information content (AvgIpc) is 2.92. The number of alkyl halides is 3. The molecule has 0 aromatic carbocycles. The Kier molecular flexibility index (Phi) is 6.02. The highest BCUT2D eigenvalue weighted by Crippen LogP contribution is 2.36. The molecule has 0 radical (unpaired) electrons. The van der Waals surface area contributed by atoms with Gasteiger partial charge in [0.25, 0.3) is 5.56 Å². The number of aromatic nitrogens is 1. The van der Waals surface area contributed by atoms with Crippen LogP contribution in [0, 0.1) is 5.92 Å². The fourth-order valence-corrected chi connectivity index (χ4v) is 4.91. The predicted octanol–water partition coefficient (Wildman–Crippen LogP) is 1.68. The van der Waals surface area contributed by atoms with Gasteiger partial charge in [0.05, 0.1) is 39.0 Å². The van der Waals surface area contributed by atoms with E-state index < -0.39 is 12.7 Å². The number of ether oxygens (including phenoxy) is 2. The van der Waals surface area contributed by atoms with Crippen LogP contribution in [0.2, 0.25) is 0 Å². The zero-order valence-electron chi connectivity index (χ0n) is 16.7. The van der Waals surface area contributed by atoms with Gasteiger partial charge in [-0.3, -0.25) is 14.6 Å². The molecule has 4 heterocycles. The Bertz CT molecular complexity index is 774. The van der Waals surface area contributed by atoms with Gasteiger partial charge in [0.15, 0.2) is 0 Å². The van der Waals surface area contributed by atoms with E-state index in [1.807, 2.05) is 6.07 Å². The van der Waals surface area contributed by atoms with Crippen molar-refractivity contribution in [3.05, 3.63) is 33.7 Å². The summed E-state index contributed by atoms with van der Waals surface area (Å²) in [6, 6.07) is 3.87. The molecule has 6 nitrogen and oxygen atoms in total. The zero-order valence-corrected chi connectivity index (χ0v) is 16.7. The van der Waals surface area contributed by atoms with E-state index in [0.717, 1.165) is 30.1 Å². The molecule has 0 spiro atoms. The lowest BCUT2D eigenvalue weighted by Gasteiger charge is -2.45. The monoisotopic (exact) mass is 415 g/mol. The van der Waals surface area contributed by atoms with Gasteiger partial charge in [0, 0.05) is 43.4 Å². The van der Waals surface area contributed by atoms with Gasteiger partial charge in [0.2, 0.25) is 0 Å². The predicted molar refractivity (Wildman–Crippen MR) is 101 cm³/mol.